The second-order valence-corrected chi connectivity index (χ2v) is 7.30. The summed E-state index contributed by atoms with van der Waals surface area (Å²) in [7, 11) is 3.14. The van der Waals surface area contributed by atoms with Gasteiger partial charge in [0.1, 0.15) is 11.5 Å². The minimum Gasteiger partial charge on any atom is -0.497 e. The van der Waals surface area contributed by atoms with Gasteiger partial charge in [-0.2, -0.15) is 0 Å². The van der Waals surface area contributed by atoms with E-state index >= 15 is 0 Å². The summed E-state index contributed by atoms with van der Waals surface area (Å²) in [6.07, 6.45) is 0. The van der Waals surface area contributed by atoms with Gasteiger partial charge in [-0.15, -0.1) is 10.2 Å². The van der Waals surface area contributed by atoms with Gasteiger partial charge in [0.2, 0.25) is 5.91 Å². The largest absolute Gasteiger partial charge is 0.497 e. The van der Waals surface area contributed by atoms with Crippen molar-refractivity contribution in [2.75, 3.05) is 25.3 Å². The lowest BCUT2D eigenvalue weighted by Crippen LogP contribution is -2.14. The molecule has 0 unspecified atom stereocenters. The summed E-state index contributed by atoms with van der Waals surface area (Å²) in [5.41, 5.74) is 2.81. The number of hydrogen-bond acceptors (Lipinski definition) is 6. The highest BCUT2D eigenvalue weighted by molar-refractivity contribution is 7.99. The van der Waals surface area contributed by atoms with Crippen molar-refractivity contribution in [3.8, 4) is 22.9 Å². The molecule has 1 N–H and O–H groups in total. The van der Waals surface area contributed by atoms with E-state index in [1.165, 1.54) is 17.3 Å². The van der Waals surface area contributed by atoms with Gasteiger partial charge in [0.25, 0.3) is 0 Å². The Bertz CT molecular complexity index is 964. The first-order valence-corrected chi connectivity index (χ1v) is 10.2. The topological polar surface area (TPSA) is 78.3 Å². The maximum absolute atomic E-state index is 12.4. The van der Waals surface area contributed by atoms with Crippen molar-refractivity contribution in [2.24, 2.45) is 0 Å². The molecule has 1 amide bonds. The van der Waals surface area contributed by atoms with E-state index in [1.807, 2.05) is 42.7 Å². The van der Waals surface area contributed by atoms with Gasteiger partial charge in [-0.05, 0) is 13.8 Å². The Morgan fingerprint density at radius 1 is 1.07 bits per heavy atom. The van der Waals surface area contributed by atoms with Crippen LogP contribution in [-0.4, -0.2) is 40.6 Å². The van der Waals surface area contributed by atoms with Gasteiger partial charge in [-0.1, -0.05) is 41.6 Å². The number of thioether (sulfide) groups is 1. The summed E-state index contributed by atoms with van der Waals surface area (Å²) in [6, 6.07) is 13.4. The summed E-state index contributed by atoms with van der Waals surface area (Å²) in [5.74, 6) is 2.09. The number of nitrogens with one attached hydrogen (secondary N) is 1. The highest BCUT2D eigenvalue weighted by Gasteiger charge is 2.15. The van der Waals surface area contributed by atoms with Gasteiger partial charge in [0.05, 0.1) is 20.0 Å². The van der Waals surface area contributed by atoms with Crippen LogP contribution in [0, 0.1) is 6.92 Å². The molecule has 1 heterocycles. The molecule has 0 aliphatic carbocycles. The predicted octanol–water partition coefficient (Wildman–Crippen LogP) is 4.02. The lowest BCUT2D eigenvalue weighted by Gasteiger charge is -2.10. The number of aryl methyl sites for hydroxylation is 1. The summed E-state index contributed by atoms with van der Waals surface area (Å²) in [4.78, 5) is 12.4. The highest BCUT2D eigenvalue weighted by atomic mass is 32.2. The average Bonchev–Trinajstić information content (AvgIpc) is 3.15. The molecule has 0 saturated carbocycles. The Balaban J connectivity index is 1.68. The van der Waals surface area contributed by atoms with Crippen molar-refractivity contribution in [1.29, 1.82) is 0 Å². The van der Waals surface area contributed by atoms with E-state index in [4.69, 9.17) is 9.47 Å². The highest BCUT2D eigenvalue weighted by Crippen LogP contribution is 2.27. The number of rotatable bonds is 8. The predicted molar refractivity (Wildman–Crippen MR) is 115 cm³/mol. The van der Waals surface area contributed by atoms with Crippen molar-refractivity contribution in [3.63, 3.8) is 0 Å². The lowest BCUT2D eigenvalue weighted by atomic mass is 10.1. The fourth-order valence-electron chi connectivity index (χ4n) is 2.80. The molecule has 3 rings (SSSR count). The quantitative estimate of drug-likeness (QED) is 0.563. The van der Waals surface area contributed by atoms with E-state index in [0.29, 0.717) is 28.9 Å². The Labute approximate surface area is 174 Å². The van der Waals surface area contributed by atoms with Crippen LogP contribution in [0.25, 0.3) is 11.4 Å². The molecule has 7 nitrogen and oxygen atoms in total. The molecule has 0 bridgehead atoms. The van der Waals surface area contributed by atoms with Crippen molar-refractivity contribution < 1.29 is 14.3 Å². The summed E-state index contributed by atoms with van der Waals surface area (Å²) >= 11 is 1.35. The summed E-state index contributed by atoms with van der Waals surface area (Å²) < 4.78 is 12.5. The molecule has 0 aliphatic heterocycles. The molecule has 0 fully saturated rings. The Morgan fingerprint density at radius 2 is 1.72 bits per heavy atom. The third kappa shape index (κ3) is 5.08. The molecule has 29 heavy (non-hydrogen) atoms. The van der Waals surface area contributed by atoms with Crippen molar-refractivity contribution in [2.45, 2.75) is 25.5 Å². The van der Waals surface area contributed by atoms with Gasteiger partial charge < -0.3 is 19.4 Å². The Morgan fingerprint density at radius 3 is 2.31 bits per heavy atom. The van der Waals surface area contributed by atoms with Crippen molar-refractivity contribution >= 4 is 23.4 Å². The van der Waals surface area contributed by atoms with Crippen LogP contribution in [0.3, 0.4) is 0 Å². The average molecular weight is 413 g/mol. The van der Waals surface area contributed by atoms with Crippen LogP contribution in [0.4, 0.5) is 5.69 Å². The van der Waals surface area contributed by atoms with Crippen LogP contribution < -0.4 is 14.8 Å². The van der Waals surface area contributed by atoms with Gasteiger partial charge >= 0.3 is 0 Å². The number of benzene rings is 2. The standard InChI is InChI=1S/C21H24N4O3S/c1-5-25-20(15-8-6-14(2)7-9-15)23-24-21(25)29-13-19(26)22-16-10-17(27-3)12-18(11-16)28-4/h6-12H,5,13H2,1-4H3,(H,22,26). The molecule has 8 heteroatoms. The summed E-state index contributed by atoms with van der Waals surface area (Å²) in [6.45, 7) is 4.80. The molecule has 2 aromatic carbocycles. The SMILES string of the molecule is CCn1c(SCC(=O)Nc2cc(OC)cc(OC)c2)nnc1-c1ccc(C)cc1. The number of methoxy groups -OCH3 is 2. The fourth-order valence-corrected chi connectivity index (χ4v) is 3.61. The van der Waals surface area contributed by atoms with Crippen molar-refractivity contribution in [1.82, 2.24) is 14.8 Å². The zero-order valence-corrected chi connectivity index (χ0v) is 17.7. The molecule has 0 atom stereocenters. The lowest BCUT2D eigenvalue weighted by molar-refractivity contribution is -0.113. The number of hydrogen-bond donors (Lipinski definition) is 1. The Kier molecular flexibility index (Phi) is 6.77. The molecular formula is C21H24N4O3S. The van der Waals surface area contributed by atoms with Crippen LogP contribution in [0.5, 0.6) is 11.5 Å². The van der Waals surface area contributed by atoms with E-state index in [0.717, 1.165) is 11.4 Å². The molecule has 0 spiro atoms. The van der Waals surface area contributed by atoms with Crippen molar-refractivity contribution in [3.05, 3.63) is 48.0 Å². The molecule has 1 aromatic heterocycles. The third-order valence-electron chi connectivity index (χ3n) is 4.31. The molecule has 3 aromatic rings. The second-order valence-electron chi connectivity index (χ2n) is 6.35. The second kappa shape index (κ2) is 9.47. The number of amides is 1. The van der Waals surface area contributed by atoms with E-state index in [1.54, 1.807) is 32.4 Å². The number of ether oxygens (including phenoxy) is 2. The zero-order valence-electron chi connectivity index (χ0n) is 16.9. The normalized spacial score (nSPS) is 10.6. The first-order valence-electron chi connectivity index (χ1n) is 9.20. The fraction of sp³-hybridized carbons (Fsp3) is 0.286. The summed E-state index contributed by atoms with van der Waals surface area (Å²) in [5, 5.41) is 12.2. The molecular weight excluding hydrogens is 388 g/mol. The monoisotopic (exact) mass is 412 g/mol. The maximum atomic E-state index is 12.4. The van der Waals surface area contributed by atoms with Crippen LogP contribution in [0.1, 0.15) is 12.5 Å². The first-order chi connectivity index (χ1) is 14.0. The number of carbonyl (C=O) groups excluding carboxylic acids is 1. The maximum Gasteiger partial charge on any atom is 0.234 e. The minimum atomic E-state index is -0.146. The number of aromatic nitrogens is 3. The van der Waals surface area contributed by atoms with Gasteiger partial charge in [-0.3, -0.25) is 4.79 Å². The molecule has 0 saturated heterocycles. The number of carbonyl (C=O) groups is 1. The van der Waals surface area contributed by atoms with Crippen LogP contribution in [0.15, 0.2) is 47.6 Å². The minimum absolute atomic E-state index is 0.146. The van der Waals surface area contributed by atoms with Crippen LogP contribution in [-0.2, 0) is 11.3 Å². The molecule has 152 valence electrons. The number of nitrogens with zero attached hydrogens (tertiary/aromatic N) is 3. The zero-order chi connectivity index (χ0) is 20.8. The van der Waals surface area contributed by atoms with E-state index < -0.39 is 0 Å². The smallest absolute Gasteiger partial charge is 0.234 e. The van der Waals surface area contributed by atoms with E-state index in [9.17, 15) is 4.79 Å². The first kappa shape index (κ1) is 20.7. The van der Waals surface area contributed by atoms with Gasteiger partial charge in [-0.25, -0.2) is 0 Å². The van der Waals surface area contributed by atoms with Gasteiger partial charge in [0, 0.05) is 36.0 Å². The van der Waals surface area contributed by atoms with E-state index in [2.05, 4.69) is 15.5 Å². The Hall–Kier alpha value is -3.00. The number of anilines is 1. The third-order valence-corrected chi connectivity index (χ3v) is 5.28. The van der Waals surface area contributed by atoms with Gasteiger partial charge in [0.15, 0.2) is 11.0 Å². The van der Waals surface area contributed by atoms with Crippen LogP contribution in [0.2, 0.25) is 0 Å². The van der Waals surface area contributed by atoms with Crippen LogP contribution >= 0.6 is 11.8 Å². The molecule has 0 aliphatic rings. The van der Waals surface area contributed by atoms with E-state index in [-0.39, 0.29) is 11.7 Å². The molecule has 0 radical (unpaired) electrons.